The van der Waals surface area contributed by atoms with E-state index in [2.05, 4.69) is 15.5 Å². The maximum absolute atomic E-state index is 11.6. The molecule has 4 aromatic rings. The zero-order valence-electron chi connectivity index (χ0n) is 25.1. The van der Waals surface area contributed by atoms with Crippen molar-refractivity contribution in [3.8, 4) is 17.2 Å². The Balaban J connectivity index is 0.00000123. The summed E-state index contributed by atoms with van der Waals surface area (Å²) in [6.07, 6.45) is 1.97. The summed E-state index contributed by atoms with van der Waals surface area (Å²) in [4.78, 5) is 27.2. The third kappa shape index (κ3) is 6.34. The number of aromatic nitrogens is 2. The molecule has 3 aromatic carbocycles. The largest absolute Gasteiger partial charge is 0.497 e. The molecule has 0 spiro atoms. The Morgan fingerprint density at radius 3 is 2.55 bits per heavy atom. The first-order valence-electron chi connectivity index (χ1n) is 14.5. The van der Waals surface area contributed by atoms with Crippen molar-refractivity contribution >= 4 is 23.5 Å². The summed E-state index contributed by atoms with van der Waals surface area (Å²) in [6.45, 7) is 5.35. The smallest absolute Gasteiger partial charge is 0.335 e. The predicted octanol–water partition coefficient (Wildman–Crippen LogP) is 5.11. The zero-order chi connectivity index (χ0) is 31.3. The van der Waals surface area contributed by atoms with Gasteiger partial charge in [0.15, 0.2) is 11.5 Å². The quantitative estimate of drug-likeness (QED) is 0.249. The number of fused-ring (bicyclic) bond motifs is 2. The number of para-hydroxylation sites is 1. The number of aromatic carboxylic acids is 1. The minimum Gasteiger partial charge on any atom is -0.497 e. The molecule has 44 heavy (non-hydrogen) atoms. The van der Waals surface area contributed by atoms with E-state index in [-0.39, 0.29) is 12.0 Å². The molecule has 2 N–H and O–H groups in total. The third-order valence-electron chi connectivity index (χ3n) is 8.19. The summed E-state index contributed by atoms with van der Waals surface area (Å²) < 4.78 is 25.7. The summed E-state index contributed by atoms with van der Waals surface area (Å²) in [6, 6.07) is 19.1. The monoisotopic (exact) mass is 603 g/mol. The fraction of sp³-hybridized carbons (Fsp3) is 0.364. The van der Waals surface area contributed by atoms with Crippen LogP contribution in [0.4, 0.5) is 0 Å². The second kappa shape index (κ2) is 13.4. The number of methoxy groups -OCH3 is 2. The Bertz CT molecular complexity index is 1630. The minimum atomic E-state index is -0.944. The van der Waals surface area contributed by atoms with Gasteiger partial charge < -0.3 is 33.7 Å². The van der Waals surface area contributed by atoms with Crippen LogP contribution in [-0.2, 0) is 28.4 Å². The lowest BCUT2D eigenvalue weighted by Crippen LogP contribution is -2.34. The highest BCUT2D eigenvalue weighted by molar-refractivity contribution is 5.92. The van der Waals surface area contributed by atoms with E-state index in [1.807, 2.05) is 43.3 Å². The number of rotatable bonds is 9. The van der Waals surface area contributed by atoms with Crippen molar-refractivity contribution in [1.82, 2.24) is 14.5 Å². The average Bonchev–Trinajstić information content (AvgIpc) is 3.57. The molecule has 11 heteroatoms. The van der Waals surface area contributed by atoms with Crippen LogP contribution in [0.25, 0.3) is 11.0 Å². The topological polar surface area (TPSA) is 133 Å². The van der Waals surface area contributed by atoms with Crippen LogP contribution < -0.4 is 14.2 Å². The van der Waals surface area contributed by atoms with E-state index in [9.17, 15) is 9.90 Å². The van der Waals surface area contributed by atoms with E-state index in [4.69, 9.17) is 33.8 Å². The van der Waals surface area contributed by atoms with Gasteiger partial charge in [0.05, 0.1) is 36.9 Å². The molecule has 1 unspecified atom stereocenters. The maximum Gasteiger partial charge on any atom is 0.335 e. The number of benzene rings is 3. The number of piperidine rings is 1. The van der Waals surface area contributed by atoms with Crippen LogP contribution in [0.2, 0.25) is 0 Å². The van der Waals surface area contributed by atoms with Crippen LogP contribution in [0.3, 0.4) is 0 Å². The van der Waals surface area contributed by atoms with E-state index in [1.165, 1.54) is 5.56 Å². The van der Waals surface area contributed by atoms with Crippen LogP contribution in [0.15, 0.2) is 60.7 Å². The average molecular weight is 604 g/mol. The van der Waals surface area contributed by atoms with Gasteiger partial charge in [-0.2, -0.15) is 0 Å². The zero-order valence-corrected chi connectivity index (χ0v) is 25.1. The van der Waals surface area contributed by atoms with Gasteiger partial charge in [-0.15, -0.1) is 0 Å². The van der Waals surface area contributed by atoms with Gasteiger partial charge in [0.2, 0.25) is 0 Å². The van der Waals surface area contributed by atoms with Crippen molar-refractivity contribution in [3.63, 3.8) is 0 Å². The van der Waals surface area contributed by atoms with Crippen molar-refractivity contribution in [1.29, 1.82) is 0 Å². The Morgan fingerprint density at radius 2 is 1.84 bits per heavy atom. The van der Waals surface area contributed by atoms with Crippen LogP contribution in [0.1, 0.15) is 53.0 Å². The Hall–Kier alpha value is -4.61. The summed E-state index contributed by atoms with van der Waals surface area (Å²) in [7, 11) is 3.32. The minimum absolute atomic E-state index is 0.250. The highest BCUT2D eigenvalue weighted by atomic mass is 16.7. The van der Waals surface area contributed by atoms with Gasteiger partial charge >= 0.3 is 5.97 Å². The third-order valence-corrected chi connectivity index (χ3v) is 8.19. The first-order chi connectivity index (χ1) is 21.3. The highest BCUT2D eigenvalue weighted by Crippen LogP contribution is 2.49. The van der Waals surface area contributed by atoms with E-state index in [0.29, 0.717) is 25.6 Å². The normalized spacial score (nSPS) is 18.1. The number of carboxylic acids is 1. The SMILES string of the molecule is COCCn1c(CN2CCC(c3cccc4c3OC(C)(c3cccc(OC)c3)O4)CC2)nc2ccc(C(=O)O)cc21.O=CO. The predicted molar refractivity (Wildman–Crippen MR) is 163 cm³/mol. The van der Waals surface area contributed by atoms with Crippen LogP contribution >= 0.6 is 0 Å². The van der Waals surface area contributed by atoms with E-state index in [1.54, 1.807) is 32.4 Å². The Kier molecular flexibility index (Phi) is 9.36. The molecular formula is C33H37N3O8. The van der Waals surface area contributed by atoms with Gasteiger partial charge in [0.25, 0.3) is 12.3 Å². The Labute approximate surface area is 255 Å². The van der Waals surface area contributed by atoms with Gasteiger partial charge in [0.1, 0.15) is 11.6 Å². The van der Waals surface area contributed by atoms with Crippen LogP contribution in [0, 0.1) is 0 Å². The van der Waals surface area contributed by atoms with Crippen molar-refractivity contribution in [3.05, 3.63) is 83.2 Å². The van der Waals surface area contributed by atoms with Gasteiger partial charge in [-0.3, -0.25) is 9.69 Å². The fourth-order valence-electron chi connectivity index (χ4n) is 5.95. The molecule has 6 rings (SSSR count). The van der Waals surface area contributed by atoms with Crippen LogP contribution in [-0.4, -0.2) is 71.0 Å². The number of hydrogen-bond acceptors (Lipinski definition) is 8. The molecule has 232 valence electrons. The first-order valence-corrected chi connectivity index (χ1v) is 14.5. The summed E-state index contributed by atoms with van der Waals surface area (Å²) in [5, 5.41) is 16.4. The molecule has 1 saturated heterocycles. The lowest BCUT2D eigenvalue weighted by atomic mass is 9.88. The van der Waals surface area contributed by atoms with Gasteiger partial charge in [-0.1, -0.05) is 24.3 Å². The lowest BCUT2D eigenvalue weighted by molar-refractivity contribution is -0.122. The highest BCUT2D eigenvalue weighted by Gasteiger charge is 2.41. The molecular weight excluding hydrogens is 566 g/mol. The second-order valence-corrected chi connectivity index (χ2v) is 10.9. The van der Waals surface area contributed by atoms with Crippen molar-refractivity contribution in [2.24, 2.45) is 0 Å². The van der Waals surface area contributed by atoms with Crippen molar-refractivity contribution in [2.45, 2.75) is 44.6 Å². The number of imidazole rings is 1. The molecule has 1 aromatic heterocycles. The second-order valence-electron chi connectivity index (χ2n) is 10.9. The maximum atomic E-state index is 11.6. The number of nitrogens with zero attached hydrogens (tertiary/aromatic N) is 3. The summed E-state index contributed by atoms with van der Waals surface area (Å²) in [5.74, 6) is 1.76. The number of hydrogen-bond donors (Lipinski definition) is 2. The van der Waals surface area contributed by atoms with Gasteiger partial charge in [-0.25, -0.2) is 9.78 Å². The number of likely N-dealkylation sites (tertiary alicyclic amines) is 1. The fourth-order valence-corrected chi connectivity index (χ4v) is 5.95. The molecule has 2 aliphatic heterocycles. The molecule has 0 saturated carbocycles. The molecule has 0 aliphatic carbocycles. The molecule has 0 amide bonds. The standard InChI is InChI=1S/C32H35N3O6.CH2O2/c1-32(23-6-4-7-24(19-23)39-3)40-28-9-5-8-25(30(28)41-32)21-12-14-34(15-13-21)20-29-33-26-11-10-22(31(36)37)18-27(26)35(29)16-17-38-2;2-1-3/h4-11,18-19,21H,12-17,20H2,1-3H3,(H,36,37);1H,(H,2,3). The van der Waals surface area contributed by atoms with E-state index >= 15 is 0 Å². The lowest BCUT2D eigenvalue weighted by Gasteiger charge is -2.32. The van der Waals surface area contributed by atoms with E-state index in [0.717, 1.165) is 65.6 Å². The van der Waals surface area contributed by atoms with Crippen molar-refractivity contribution in [2.75, 3.05) is 33.9 Å². The first kappa shape index (κ1) is 30.8. The number of carboxylic acid groups (broad SMARTS) is 2. The molecule has 2 aliphatic rings. The Morgan fingerprint density at radius 1 is 1.09 bits per heavy atom. The number of ether oxygens (including phenoxy) is 4. The number of carbonyl (C=O) groups is 2. The van der Waals surface area contributed by atoms with Gasteiger partial charge in [0, 0.05) is 31.7 Å². The molecule has 11 nitrogen and oxygen atoms in total. The van der Waals surface area contributed by atoms with Gasteiger partial charge in [-0.05, 0) is 68.2 Å². The molecule has 0 bridgehead atoms. The van der Waals surface area contributed by atoms with Crippen molar-refractivity contribution < 1.29 is 38.7 Å². The van der Waals surface area contributed by atoms with E-state index < -0.39 is 11.8 Å². The molecule has 0 radical (unpaired) electrons. The molecule has 1 fully saturated rings. The summed E-state index contributed by atoms with van der Waals surface area (Å²) in [5.41, 5.74) is 3.96. The summed E-state index contributed by atoms with van der Waals surface area (Å²) >= 11 is 0. The van der Waals surface area contributed by atoms with Crippen LogP contribution in [0.5, 0.6) is 17.2 Å². The molecule has 3 heterocycles. The molecule has 1 atom stereocenters.